The Morgan fingerprint density at radius 2 is 1.60 bits per heavy atom. The van der Waals surface area contributed by atoms with Gasteiger partial charge >= 0.3 is 5.97 Å². The van der Waals surface area contributed by atoms with E-state index in [1.54, 1.807) is 30.3 Å². The van der Waals surface area contributed by atoms with E-state index in [0.29, 0.717) is 22.9 Å². The summed E-state index contributed by atoms with van der Waals surface area (Å²) in [6, 6.07) is 18.2. The lowest BCUT2D eigenvalue weighted by atomic mass is 10.0. The van der Waals surface area contributed by atoms with Crippen LogP contribution in [0.15, 0.2) is 77.5 Å². The first-order valence-electron chi connectivity index (χ1n) is 10.6. The Kier molecular flexibility index (Phi) is 7.17. The Hall–Kier alpha value is -3.32. The fraction of sp³-hybridized carbons (Fsp3) is 0.115. The van der Waals surface area contributed by atoms with Crippen LogP contribution < -0.4 is 15.0 Å². The number of esters is 1. The van der Waals surface area contributed by atoms with Crippen molar-refractivity contribution in [2.45, 2.75) is 19.8 Å². The van der Waals surface area contributed by atoms with Gasteiger partial charge in [-0.1, -0.05) is 66.8 Å². The van der Waals surface area contributed by atoms with Crippen LogP contribution in [-0.2, 0) is 9.59 Å². The second-order valence-electron chi connectivity index (χ2n) is 8.03. The summed E-state index contributed by atoms with van der Waals surface area (Å²) in [5.74, 6) is -1.18. The van der Waals surface area contributed by atoms with Gasteiger partial charge in [-0.3, -0.25) is 9.59 Å². The monoisotopic (exact) mass is 528 g/mol. The molecule has 9 heteroatoms. The molecule has 0 unspecified atom stereocenters. The molecule has 6 nitrogen and oxygen atoms in total. The van der Waals surface area contributed by atoms with E-state index in [2.05, 4.69) is 19.2 Å². The minimum atomic E-state index is -0.729. The molecular formula is C26H19Cl3N2O4. The summed E-state index contributed by atoms with van der Waals surface area (Å²) in [7, 11) is 0. The molecule has 4 rings (SSSR count). The van der Waals surface area contributed by atoms with Crippen molar-refractivity contribution < 1.29 is 19.1 Å². The van der Waals surface area contributed by atoms with Crippen LogP contribution in [0.3, 0.4) is 0 Å². The van der Waals surface area contributed by atoms with Gasteiger partial charge < -0.3 is 10.1 Å². The number of nitrogens with zero attached hydrogens (tertiary/aromatic N) is 1. The molecule has 0 bridgehead atoms. The second-order valence-corrected chi connectivity index (χ2v) is 9.19. The molecule has 3 aromatic rings. The van der Waals surface area contributed by atoms with Gasteiger partial charge in [-0.2, -0.15) is 0 Å². The van der Waals surface area contributed by atoms with Crippen LogP contribution in [0.25, 0.3) is 0 Å². The zero-order valence-corrected chi connectivity index (χ0v) is 20.9. The Bertz CT molecular complexity index is 1370. The number of rotatable bonds is 6. The van der Waals surface area contributed by atoms with Crippen molar-refractivity contribution in [2.75, 3.05) is 10.2 Å². The van der Waals surface area contributed by atoms with E-state index < -0.39 is 17.8 Å². The molecule has 0 saturated carbocycles. The van der Waals surface area contributed by atoms with Crippen molar-refractivity contribution in [2.24, 2.45) is 0 Å². The zero-order valence-electron chi connectivity index (χ0n) is 18.6. The largest absolute Gasteiger partial charge is 0.423 e. The fourth-order valence-electron chi connectivity index (χ4n) is 3.43. The van der Waals surface area contributed by atoms with Crippen molar-refractivity contribution in [1.29, 1.82) is 0 Å². The number of imide groups is 1. The summed E-state index contributed by atoms with van der Waals surface area (Å²) in [5, 5.41) is 2.81. The quantitative estimate of drug-likeness (QED) is 0.217. The lowest BCUT2D eigenvalue weighted by Crippen LogP contribution is -2.32. The third kappa shape index (κ3) is 5.05. The second kappa shape index (κ2) is 10.1. The third-order valence-corrected chi connectivity index (χ3v) is 6.48. The first-order chi connectivity index (χ1) is 16.7. The average Bonchev–Trinajstić information content (AvgIpc) is 3.04. The van der Waals surface area contributed by atoms with Gasteiger partial charge in [0.1, 0.15) is 16.5 Å². The minimum absolute atomic E-state index is 0.0587. The minimum Gasteiger partial charge on any atom is -0.423 e. The number of nitrogens with one attached hydrogen (secondary N) is 1. The van der Waals surface area contributed by atoms with E-state index in [1.807, 2.05) is 18.2 Å². The van der Waals surface area contributed by atoms with E-state index in [0.717, 1.165) is 10.5 Å². The molecular weight excluding hydrogens is 511 g/mol. The number of carbonyl (C=O) groups excluding carboxylic acids is 3. The van der Waals surface area contributed by atoms with Gasteiger partial charge in [0.15, 0.2) is 0 Å². The molecule has 1 aliphatic rings. The summed E-state index contributed by atoms with van der Waals surface area (Å²) in [4.78, 5) is 39.1. The number of hydrogen-bond donors (Lipinski definition) is 1. The summed E-state index contributed by atoms with van der Waals surface area (Å²) >= 11 is 18.4. The van der Waals surface area contributed by atoms with Crippen molar-refractivity contribution >= 4 is 64.0 Å². The first-order valence-corrected chi connectivity index (χ1v) is 11.7. The molecule has 1 aliphatic heterocycles. The Balaban J connectivity index is 1.49. The van der Waals surface area contributed by atoms with Gasteiger partial charge in [0.2, 0.25) is 0 Å². The SMILES string of the molecule is CC(C)c1cccc(OC(=O)c2ccc(NC3=C(Cl)C(=O)N(c4cccc(Cl)c4Cl)C3=O)cc2)c1. The van der Waals surface area contributed by atoms with E-state index in [1.165, 1.54) is 18.2 Å². The predicted octanol–water partition coefficient (Wildman–Crippen LogP) is 6.77. The molecule has 0 atom stereocenters. The molecule has 0 fully saturated rings. The number of ether oxygens (including phenoxy) is 1. The molecule has 0 spiro atoms. The van der Waals surface area contributed by atoms with Crippen LogP contribution in [0.2, 0.25) is 10.0 Å². The molecule has 1 N–H and O–H groups in total. The average molecular weight is 530 g/mol. The zero-order chi connectivity index (χ0) is 25.3. The van der Waals surface area contributed by atoms with Crippen molar-refractivity contribution in [3.05, 3.63) is 98.6 Å². The number of hydrogen-bond acceptors (Lipinski definition) is 5. The number of amides is 2. The Labute approximate surface area is 217 Å². The summed E-state index contributed by atoms with van der Waals surface area (Å²) in [6.45, 7) is 4.11. The van der Waals surface area contributed by atoms with Crippen LogP contribution in [0.5, 0.6) is 5.75 Å². The summed E-state index contributed by atoms with van der Waals surface area (Å²) < 4.78 is 5.48. The number of anilines is 2. The predicted molar refractivity (Wildman–Crippen MR) is 137 cm³/mol. The summed E-state index contributed by atoms with van der Waals surface area (Å²) in [5.41, 5.74) is 1.82. The third-order valence-electron chi connectivity index (χ3n) is 5.32. The van der Waals surface area contributed by atoms with Crippen LogP contribution in [0, 0.1) is 0 Å². The standard InChI is InChI=1S/C26H19Cl3N2O4/c1-14(2)16-5-3-6-18(13-16)35-26(34)15-9-11-17(12-10-15)30-23-22(29)24(32)31(25(23)33)20-8-4-7-19(27)21(20)28/h3-14,30H,1-2H3. The number of halogens is 3. The topological polar surface area (TPSA) is 75.7 Å². The normalized spacial score (nSPS) is 13.6. The highest BCUT2D eigenvalue weighted by molar-refractivity contribution is 6.54. The Morgan fingerprint density at radius 3 is 2.29 bits per heavy atom. The molecule has 35 heavy (non-hydrogen) atoms. The molecule has 0 aromatic heterocycles. The first kappa shape index (κ1) is 24.8. The molecule has 0 radical (unpaired) electrons. The fourth-order valence-corrected chi connectivity index (χ4v) is 4.03. The van der Waals surface area contributed by atoms with Gasteiger partial charge in [-0.25, -0.2) is 9.69 Å². The van der Waals surface area contributed by atoms with E-state index in [9.17, 15) is 14.4 Å². The van der Waals surface area contributed by atoms with Crippen LogP contribution in [0.4, 0.5) is 11.4 Å². The molecule has 178 valence electrons. The molecule has 2 amide bonds. The van der Waals surface area contributed by atoms with Gasteiger partial charge in [-0.05, 0) is 60.0 Å². The van der Waals surface area contributed by atoms with E-state index in [4.69, 9.17) is 39.5 Å². The maximum absolute atomic E-state index is 13.0. The maximum Gasteiger partial charge on any atom is 0.343 e. The van der Waals surface area contributed by atoms with Crippen LogP contribution in [0.1, 0.15) is 35.7 Å². The highest BCUT2D eigenvalue weighted by Crippen LogP contribution is 2.37. The van der Waals surface area contributed by atoms with E-state index >= 15 is 0 Å². The molecule has 0 aliphatic carbocycles. The van der Waals surface area contributed by atoms with Gasteiger partial charge in [0, 0.05) is 5.69 Å². The van der Waals surface area contributed by atoms with Crippen LogP contribution >= 0.6 is 34.8 Å². The smallest absolute Gasteiger partial charge is 0.343 e. The highest BCUT2D eigenvalue weighted by Gasteiger charge is 2.40. The van der Waals surface area contributed by atoms with Gasteiger partial charge in [0.25, 0.3) is 11.8 Å². The van der Waals surface area contributed by atoms with Gasteiger partial charge in [0.05, 0.1) is 21.3 Å². The van der Waals surface area contributed by atoms with E-state index in [-0.39, 0.29) is 26.5 Å². The van der Waals surface area contributed by atoms with Crippen LogP contribution in [-0.4, -0.2) is 17.8 Å². The van der Waals surface area contributed by atoms with Crippen molar-refractivity contribution in [1.82, 2.24) is 0 Å². The maximum atomic E-state index is 13.0. The van der Waals surface area contributed by atoms with Crippen molar-refractivity contribution in [3.63, 3.8) is 0 Å². The number of carbonyl (C=O) groups is 3. The summed E-state index contributed by atoms with van der Waals surface area (Å²) in [6.07, 6.45) is 0. The molecule has 1 heterocycles. The Morgan fingerprint density at radius 1 is 0.914 bits per heavy atom. The van der Waals surface area contributed by atoms with Crippen molar-refractivity contribution in [3.8, 4) is 5.75 Å². The lowest BCUT2D eigenvalue weighted by molar-refractivity contribution is -0.120. The molecule has 0 saturated heterocycles. The molecule has 3 aromatic carbocycles. The highest BCUT2D eigenvalue weighted by atomic mass is 35.5. The number of benzene rings is 3. The lowest BCUT2D eigenvalue weighted by Gasteiger charge is -2.17. The van der Waals surface area contributed by atoms with Gasteiger partial charge in [-0.15, -0.1) is 0 Å².